The van der Waals surface area contributed by atoms with Crippen molar-refractivity contribution in [2.75, 3.05) is 19.6 Å². The van der Waals surface area contributed by atoms with Gasteiger partial charge in [0.05, 0.1) is 17.1 Å². The average Bonchev–Trinajstić information content (AvgIpc) is 2.90. The van der Waals surface area contributed by atoms with Crippen LogP contribution >= 0.6 is 24.8 Å². The molecule has 1 saturated heterocycles. The predicted octanol–water partition coefficient (Wildman–Crippen LogP) is 2.60. The van der Waals surface area contributed by atoms with Crippen LogP contribution in [0.4, 0.5) is 0 Å². The average molecular weight is 374 g/mol. The number of hydrogen-bond acceptors (Lipinski definition) is 4. The van der Waals surface area contributed by atoms with E-state index in [0.29, 0.717) is 5.56 Å². The van der Waals surface area contributed by atoms with Crippen LogP contribution in [0.3, 0.4) is 0 Å². The number of nitrogens with one attached hydrogen (secondary N) is 1. The van der Waals surface area contributed by atoms with Gasteiger partial charge in [-0.2, -0.15) is 5.10 Å². The molecule has 1 atom stereocenters. The summed E-state index contributed by atoms with van der Waals surface area (Å²) in [4.78, 5) is 19.5. The van der Waals surface area contributed by atoms with E-state index in [2.05, 4.69) is 36.2 Å². The number of carbonyl (C=O) groups excluding carboxylic acids is 1. The number of hydrogen-bond donors (Lipinski definition) is 1. The van der Waals surface area contributed by atoms with Gasteiger partial charge in [0.2, 0.25) is 0 Å². The molecule has 1 fully saturated rings. The lowest BCUT2D eigenvalue weighted by atomic mass is 10.1. The van der Waals surface area contributed by atoms with Crippen LogP contribution in [0.1, 0.15) is 42.9 Å². The molecule has 6 nitrogen and oxygen atoms in total. The van der Waals surface area contributed by atoms with Crippen molar-refractivity contribution < 1.29 is 4.79 Å². The van der Waals surface area contributed by atoms with Crippen LogP contribution in [-0.4, -0.2) is 51.2 Å². The number of halogens is 2. The summed E-state index contributed by atoms with van der Waals surface area (Å²) in [5.41, 5.74) is 2.35. The summed E-state index contributed by atoms with van der Waals surface area (Å²) in [6, 6.07) is 2.30. The molecule has 1 aliphatic heterocycles. The molecular formula is C16H25Cl2N5O. The zero-order chi connectivity index (χ0) is 15.9. The number of fused-ring (bicyclic) bond motifs is 1. The molecule has 0 aliphatic carbocycles. The minimum absolute atomic E-state index is 0. The van der Waals surface area contributed by atoms with Crippen molar-refractivity contribution in [3.05, 3.63) is 23.5 Å². The Bertz CT molecular complexity index is 716. The fraction of sp³-hybridized carbons (Fsp3) is 0.562. The van der Waals surface area contributed by atoms with Gasteiger partial charge in [0.25, 0.3) is 5.91 Å². The molecule has 0 radical (unpaired) electrons. The van der Waals surface area contributed by atoms with Crippen LogP contribution in [-0.2, 0) is 0 Å². The second-order valence-corrected chi connectivity index (χ2v) is 6.28. The Labute approximate surface area is 154 Å². The second kappa shape index (κ2) is 8.14. The Kier molecular flexibility index (Phi) is 7.01. The highest BCUT2D eigenvalue weighted by atomic mass is 35.5. The number of rotatable bonds is 2. The highest BCUT2D eigenvalue weighted by molar-refractivity contribution is 6.05. The molecule has 8 heteroatoms. The van der Waals surface area contributed by atoms with Crippen molar-refractivity contribution in [2.45, 2.75) is 39.8 Å². The third kappa shape index (κ3) is 3.66. The molecule has 1 N–H and O–H groups in total. The Morgan fingerprint density at radius 1 is 1.38 bits per heavy atom. The predicted molar refractivity (Wildman–Crippen MR) is 101 cm³/mol. The van der Waals surface area contributed by atoms with Crippen LogP contribution in [0.25, 0.3) is 11.0 Å². The van der Waals surface area contributed by atoms with Crippen LogP contribution < -0.4 is 5.32 Å². The van der Waals surface area contributed by atoms with Crippen LogP contribution in [0.2, 0.25) is 0 Å². The lowest BCUT2D eigenvalue weighted by Crippen LogP contribution is -2.52. The SMILES string of the molecule is Cc1cc(C(=O)N2CCNCC2C)c2cnn(C(C)C)c2n1.Cl.Cl. The Balaban J connectivity index is 0.00000144. The van der Waals surface area contributed by atoms with Gasteiger partial charge >= 0.3 is 0 Å². The lowest BCUT2D eigenvalue weighted by molar-refractivity contribution is 0.0657. The van der Waals surface area contributed by atoms with Gasteiger partial charge in [-0.05, 0) is 33.8 Å². The minimum atomic E-state index is 0. The normalized spacial score (nSPS) is 17.5. The van der Waals surface area contributed by atoms with Gasteiger partial charge in [0.1, 0.15) is 0 Å². The molecule has 2 aromatic rings. The number of carbonyl (C=O) groups is 1. The summed E-state index contributed by atoms with van der Waals surface area (Å²) in [7, 11) is 0. The van der Waals surface area contributed by atoms with Crippen molar-refractivity contribution in [3.8, 4) is 0 Å². The van der Waals surface area contributed by atoms with Gasteiger partial charge in [-0.15, -0.1) is 24.8 Å². The van der Waals surface area contributed by atoms with E-state index in [1.165, 1.54) is 0 Å². The molecule has 0 saturated carbocycles. The van der Waals surface area contributed by atoms with E-state index in [1.807, 2.05) is 22.6 Å². The van der Waals surface area contributed by atoms with Gasteiger partial charge < -0.3 is 10.2 Å². The molecule has 3 rings (SSSR count). The fourth-order valence-electron chi connectivity index (χ4n) is 3.00. The molecule has 24 heavy (non-hydrogen) atoms. The first-order valence-corrected chi connectivity index (χ1v) is 7.85. The topological polar surface area (TPSA) is 63.1 Å². The first-order valence-electron chi connectivity index (χ1n) is 7.85. The smallest absolute Gasteiger partial charge is 0.255 e. The van der Waals surface area contributed by atoms with Crippen molar-refractivity contribution in [3.63, 3.8) is 0 Å². The third-order valence-electron chi connectivity index (χ3n) is 4.18. The zero-order valence-electron chi connectivity index (χ0n) is 14.4. The first-order chi connectivity index (χ1) is 10.5. The lowest BCUT2D eigenvalue weighted by Gasteiger charge is -2.34. The van der Waals surface area contributed by atoms with Gasteiger partial charge in [-0.3, -0.25) is 4.79 Å². The zero-order valence-corrected chi connectivity index (χ0v) is 16.1. The largest absolute Gasteiger partial charge is 0.333 e. The van der Waals surface area contributed by atoms with Crippen LogP contribution in [0.15, 0.2) is 12.3 Å². The van der Waals surface area contributed by atoms with E-state index in [-0.39, 0.29) is 42.8 Å². The molecule has 134 valence electrons. The van der Waals surface area contributed by atoms with Crippen LogP contribution in [0, 0.1) is 6.92 Å². The minimum Gasteiger partial charge on any atom is -0.333 e. The second-order valence-electron chi connectivity index (χ2n) is 6.28. The van der Waals surface area contributed by atoms with E-state index in [1.54, 1.807) is 6.20 Å². The summed E-state index contributed by atoms with van der Waals surface area (Å²) in [5, 5.41) is 8.57. The Hall–Kier alpha value is -1.37. The highest BCUT2D eigenvalue weighted by Crippen LogP contribution is 2.23. The fourth-order valence-corrected chi connectivity index (χ4v) is 3.00. The molecule has 0 spiro atoms. The monoisotopic (exact) mass is 373 g/mol. The van der Waals surface area contributed by atoms with E-state index < -0.39 is 0 Å². The van der Waals surface area contributed by atoms with Gasteiger partial charge in [0, 0.05) is 37.4 Å². The number of aromatic nitrogens is 3. The van der Waals surface area contributed by atoms with Gasteiger partial charge in [-0.25, -0.2) is 9.67 Å². The van der Waals surface area contributed by atoms with Crippen molar-refractivity contribution >= 4 is 41.8 Å². The summed E-state index contributed by atoms with van der Waals surface area (Å²) >= 11 is 0. The quantitative estimate of drug-likeness (QED) is 0.878. The maximum absolute atomic E-state index is 13.0. The first kappa shape index (κ1) is 20.7. The number of nitrogens with zero attached hydrogens (tertiary/aromatic N) is 4. The van der Waals surface area contributed by atoms with E-state index in [0.717, 1.165) is 36.4 Å². The number of amides is 1. The third-order valence-corrected chi connectivity index (χ3v) is 4.18. The summed E-state index contributed by atoms with van der Waals surface area (Å²) < 4.78 is 1.88. The van der Waals surface area contributed by atoms with Crippen molar-refractivity contribution in [1.82, 2.24) is 25.0 Å². The summed E-state index contributed by atoms with van der Waals surface area (Å²) in [6.45, 7) is 10.6. The van der Waals surface area contributed by atoms with E-state index >= 15 is 0 Å². The van der Waals surface area contributed by atoms with E-state index in [9.17, 15) is 4.79 Å². The van der Waals surface area contributed by atoms with Gasteiger partial charge in [-0.1, -0.05) is 0 Å². The van der Waals surface area contributed by atoms with E-state index in [4.69, 9.17) is 0 Å². The number of pyridine rings is 1. The Morgan fingerprint density at radius 2 is 2.08 bits per heavy atom. The Morgan fingerprint density at radius 3 is 2.71 bits per heavy atom. The maximum Gasteiger partial charge on any atom is 0.255 e. The molecule has 3 heterocycles. The molecular weight excluding hydrogens is 349 g/mol. The van der Waals surface area contributed by atoms with Gasteiger partial charge in [0.15, 0.2) is 5.65 Å². The standard InChI is InChI=1S/C16H23N5O.2ClH/c1-10(2)21-15-14(9-18-21)13(7-11(3)19-15)16(22)20-6-5-17-8-12(20)4;;/h7,9-10,12,17H,5-6,8H2,1-4H3;2*1H. The summed E-state index contributed by atoms with van der Waals surface area (Å²) in [5.74, 6) is 0.0767. The molecule has 2 aromatic heterocycles. The molecule has 1 unspecified atom stereocenters. The van der Waals surface area contributed by atoms with Crippen molar-refractivity contribution in [2.24, 2.45) is 0 Å². The van der Waals surface area contributed by atoms with Crippen LogP contribution in [0.5, 0.6) is 0 Å². The van der Waals surface area contributed by atoms with Crippen molar-refractivity contribution in [1.29, 1.82) is 0 Å². The molecule has 0 bridgehead atoms. The summed E-state index contributed by atoms with van der Waals surface area (Å²) in [6.07, 6.45) is 1.77. The molecule has 1 aliphatic rings. The number of aryl methyl sites for hydroxylation is 1. The molecule has 1 amide bonds. The highest BCUT2D eigenvalue weighted by Gasteiger charge is 2.26. The molecule has 0 aromatic carbocycles. The maximum atomic E-state index is 13.0. The number of piperazine rings is 1.